The van der Waals surface area contributed by atoms with E-state index in [-0.39, 0.29) is 17.2 Å². The second kappa shape index (κ2) is 8.48. The molecule has 0 saturated heterocycles. The van der Waals surface area contributed by atoms with Crippen LogP contribution in [0, 0.1) is 0 Å². The molecule has 0 saturated carbocycles. The summed E-state index contributed by atoms with van der Waals surface area (Å²) in [5, 5.41) is 19.6. The summed E-state index contributed by atoms with van der Waals surface area (Å²) in [5.41, 5.74) is 1.95. The summed E-state index contributed by atoms with van der Waals surface area (Å²) in [5.74, 6) is -0.801. The zero-order valence-electron chi connectivity index (χ0n) is 17.6. The minimum absolute atomic E-state index is 0.123. The molecule has 160 valence electrons. The number of rotatable bonds is 4. The topological polar surface area (TPSA) is 78.4 Å². The number of phenolic OH excluding ortho intramolecular Hbond substituents is 1. The molecule has 5 rings (SSSR count). The van der Waals surface area contributed by atoms with Gasteiger partial charge in [-0.15, -0.1) is 0 Å². The lowest BCUT2D eigenvalue weighted by atomic mass is 10.0. The number of aromatic hydroxyl groups is 1. The lowest BCUT2D eigenvalue weighted by Crippen LogP contribution is -2.13. The zero-order chi connectivity index (χ0) is 22.8. The number of amides is 2. The normalized spacial score (nSPS) is 10.8. The van der Waals surface area contributed by atoms with E-state index >= 15 is 0 Å². The van der Waals surface area contributed by atoms with E-state index < -0.39 is 5.91 Å². The first-order valence-electron chi connectivity index (χ1n) is 10.5. The number of benzene rings is 5. The monoisotopic (exact) mass is 432 g/mol. The molecule has 2 amide bonds. The SMILES string of the molecule is O=C(Nc1ccccc1)c1ccc2cc(O)c(C(=O)Nc3cccc4ccccc34)cc2c1. The number of para-hydroxylation sites is 1. The highest BCUT2D eigenvalue weighted by atomic mass is 16.3. The van der Waals surface area contributed by atoms with E-state index in [0.29, 0.717) is 22.3 Å². The Morgan fingerprint density at radius 1 is 0.606 bits per heavy atom. The summed E-state index contributed by atoms with van der Waals surface area (Å²) in [6.07, 6.45) is 0. The van der Waals surface area contributed by atoms with Crippen molar-refractivity contribution in [2.75, 3.05) is 10.6 Å². The molecular formula is C28H20N2O3. The Hall–Kier alpha value is -4.64. The molecule has 5 nitrogen and oxygen atoms in total. The van der Waals surface area contributed by atoms with Crippen LogP contribution in [0.2, 0.25) is 0 Å². The minimum Gasteiger partial charge on any atom is -0.507 e. The van der Waals surface area contributed by atoms with Gasteiger partial charge in [0.15, 0.2) is 0 Å². The molecule has 0 radical (unpaired) electrons. The van der Waals surface area contributed by atoms with Crippen molar-refractivity contribution in [1.29, 1.82) is 0 Å². The minimum atomic E-state index is -0.426. The maximum atomic E-state index is 13.0. The van der Waals surface area contributed by atoms with Crippen molar-refractivity contribution in [2.24, 2.45) is 0 Å². The van der Waals surface area contributed by atoms with Crippen LogP contribution in [-0.2, 0) is 0 Å². The molecule has 5 heteroatoms. The number of anilines is 2. The third-order valence-electron chi connectivity index (χ3n) is 5.53. The van der Waals surface area contributed by atoms with Gasteiger partial charge in [0.25, 0.3) is 11.8 Å². The summed E-state index contributed by atoms with van der Waals surface area (Å²) >= 11 is 0. The van der Waals surface area contributed by atoms with Crippen LogP contribution in [0.25, 0.3) is 21.5 Å². The van der Waals surface area contributed by atoms with Crippen LogP contribution >= 0.6 is 0 Å². The van der Waals surface area contributed by atoms with Gasteiger partial charge in [0, 0.05) is 22.3 Å². The summed E-state index contributed by atoms with van der Waals surface area (Å²) in [4.78, 5) is 25.7. The van der Waals surface area contributed by atoms with E-state index in [1.165, 1.54) is 6.07 Å². The number of fused-ring (bicyclic) bond motifs is 2. The highest BCUT2D eigenvalue weighted by molar-refractivity contribution is 6.13. The first kappa shape index (κ1) is 20.3. The Labute approximate surface area is 190 Å². The number of carbonyl (C=O) groups excluding carboxylic acids is 2. The van der Waals surface area contributed by atoms with Crippen LogP contribution in [0.1, 0.15) is 20.7 Å². The second-order valence-corrected chi connectivity index (χ2v) is 7.73. The van der Waals surface area contributed by atoms with Gasteiger partial charge < -0.3 is 15.7 Å². The predicted octanol–water partition coefficient (Wildman–Crippen LogP) is 6.20. The van der Waals surface area contributed by atoms with Gasteiger partial charge in [0.2, 0.25) is 0 Å². The van der Waals surface area contributed by atoms with Gasteiger partial charge in [-0.1, -0.05) is 60.7 Å². The molecule has 0 aliphatic rings. The molecule has 0 aromatic heterocycles. The molecule has 0 heterocycles. The smallest absolute Gasteiger partial charge is 0.259 e. The van der Waals surface area contributed by atoms with E-state index in [1.807, 2.05) is 72.8 Å². The Morgan fingerprint density at radius 2 is 1.36 bits per heavy atom. The molecule has 0 atom stereocenters. The molecule has 0 spiro atoms. The van der Waals surface area contributed by atoms with Crippen molar-refractivity contribution in [2.45, 2.75) is 0 Å². The van der Waals surface area contributed by atoms with Crippen LogP contribution < -0.4 is 10.6 Å². The average Bonchev–Trinajstić information content (AvgIpc) is 2.84. The summed E-state index contributed by atoms with van der Waals surface area (Å²) in [6, 6.07) is 30.9. The van der Waals surface area contributed by atoms with Gasteiger partial charge in [-0.25, -0.2) is 0 Å². The first-order chi connectivity index (χ1) is 16.1. The van der Waals surface area contributed by atoms with E-state index in [0.717, 1.165) is 16.2 Å². The van der Waals surface area contributed by atoms with Crippen molar-refractivity contribution in [1.82, 2.24) is 0 Å². The number of hydrogen-bond acceptors (Lipinski definition) is 3. The number of nitrogens with one attached hydrogen (secondary N) is 2. The zero-order valence-corrected chi connectivity index (χ0v) is 17.6. The third-order valence-corrected chi connectivity index (χ3v) is 5.53. The quantitative estimate of drug-likeness (QED) is 0.316. The average molecular weight is 432 g/mol. The van der Waals surface area contributed by atoms with Gasteiger partial charge in [-0.2, -0.15) is 0 Å². The maximum absolute atomic E-state index is 13.0. The Balaban J connectivity index is 1.46. The van der Waals surface area contributed by atoms with Gasteiger partial charge in [-0.3, -0.25) is 9.59 Å². The Morgan fingerprint density at radius 3 is 2.21 bits per heavy atom. The molecule has 5 aromatic carbocycles. The van der Waals surface area contributed by atoms with E-state index in [2.05, 4.69) is 10.6 Å². The van der Waals surface area contributed by atoms with Crippen LogP contribution in [0.15, 0.2) is 103 Å². The van der Waals surface area contributed by atoms with Crippen molar-refractivity contribution < 1.29 is 14.7 Å². The van der Waals surface area contributed by atoms with Crippen LogP contribution in [0.5, 0.6) is 5.75 Å². The fourth-order valence-electron chi connectivity index (χ4n) is 3.86. The highest BCUT2D eigenvalue weighted by Crippen LogP contribution is 2.29. The largest absolute Gasteiger partial charge is 0.507 e. The van der Waals surface area contributed by atoms with Gasteiger partial charge in [0.1, 0.15) is 5.75 Å². The fourth-order valence-corrected chi connectivity index (χ4v) is 3.86. The number of carbonyl (C=O) groups is 2. The van der Waals surface area contributed by atoms with Gasteiger partial charge in [-0.05, 0) is 58.6 Å². The molecule has 0 unspecified atom stereocenters. The predicted molar refractivity (Wildman–Crippen MR) is 132 cm³/mol. The summed E-state index contributed by atoms with van der Waals surface area (Å²) in [6.45, 7) is 0. The van der Waals surface area contributed by atoms with Crippen LogP contribution in [0.3, 0.4) is 0 Å². The summed E-state index contributed by atoms with van der Waals surface area (Å²) in [7, 11) is 0. The first-order valence-corrected chi connectivity index (χ1v) is 10.5. The van der Waals surface area contributed by atoms with Gasteiger partial charge >= 0.3 is 0 Å². The highest BCUT2D eigenvalue weighted by Gasteiger charge is 2.15. The molecule has 33 heavy (non-hydrogen) atoms. The molecule has 0 fully saturated rings. The molecular weight excluding hydrogens is 412 g/mol. The molecule has 0 bridgehead atoms. The van der Waals surface area contributed by atoms with Gasteiger partial charge in [0.05, 0.1) is 5.56 Å². The van der Waals surface area contributed by atoms with Crippen molar-refractivity contribution in [3.05, 3.63) is 114 Å². The van der Waals surface area contributed by atoms with E-state index in [4.69, 9.17) is 0 Å². The number of hydrogen-bond donors (Lipinski definition) is 3. The van der Waals surface area contributed by atoms with E-state index in [1.54, 1.807) is 24.3 Å². The lowest BCUT2D eigenvalue weighted by molar-refractivity contribution is 0.101. The summed E-state index contributed by atoms with van der Waals surface area (Å²) < 4.78 is 0. The molecule has 5 aromatic rings. The third kappa shape index (κ3) is 4.12. The van der Waals surface area contributed by atoms with E-state index in [9.17, 15) is 14.7 Å². The fraction of sp³-hybridized carbons (Fsp3) is 0. The second-order valence-electron chi connectivity index (χ2n) is 7.73. The van der Waals surface area contributed by atoms with Crippen molar-refractivity contribution in [3.8, 4) is 5.75 Å². The molecule has 3 N–H and O–H groups in total. The number of phenols is 1. The Kier molecular flexibility index (Phi) is 5.21. The van der Waals surface area contributed by atoms with Crippen LogP contribution in [-0.4, -0.2) is 16.9 Å². The van der Waals surface area contributed by atoms with Crippen LogP contribution in [0.4, 0.5) is 11.4 Å². The lowest BCUT2D eigenvalue weighted by Gasteiger charge is -2.11. The van der Waals surface area contributed by atoms with Crippen molar-refractivity contribution >= 4 is 44.7 Å². The maximum Gasteiger partial charge on any atom is 0.259 e. The Bertz CT molecular complexity index is 1510. The molecule has 0 aliphatic carbocycles. The van der Waals surface area contributed by atoms with Crippen molar-refractivity contribution in [3.63, 3.8) is 0 Å². The molecule has 0 aliphatic heterocycles. The standard InChI is InChI=1S/C28H20N2O3/c31-26-17-19-13-14-20(27(32)29-22-9-2-1-3-10-22)15-21(19)16-24(26)28(33)30-25-12-6-8-18-7-4-5-11-23(18)25/h1-17,31H,(H,29,32)(H,30,33).